The Kier molecular flexibility index (Phi) is 14.0. The van der Waals surface area contributed by atoms with Crippen molar-refractivity contribution in [3.63, 3.8) is 0 Å². The van der Waals surface area contributed by atoms with Crippen LogP contribution in [0.1, 0.15) is 90.4 Å². The molecule has 3 heterocycles. The third kappa shape index (κ3) is 10.2. The molecular weight excluding hydrogens is 468 g/mol. The number of methoxy groups -OCH3 is 1. The molecule has 0 bridgehead atoms. The van der Waals surface area contributed by atoms with Crippen molar-refractivity contribution in [2.75, 3.05) is 26.9 Å². The molecule has 0 aromatic carbocycles. The standard InChI is InChI=1S/C13H18N2O2.C12H16N2O2.2C2H6/c1-9-4-5-11(14-10(9)2)12(16)15-13(6-7-13)8-17-3;1-8-3-4-11(13-9(8)2)12(15)14-10-5-6-16-7-10;2*1-2/h4-5H,6-8H2,1-3H3,(H,15,16);3-4,10H,5-7H2,1-2H3,(H,14,15);2*1-2H3. The molecular formula is C29H46N4O4. The van der Waals surface area contributed by atoms with Gasteiger partial charge in [0.2, 0.25) is 0 Å². The van der Waals surface area contributed by atoms with E-state index >= 15 is 0 Å². The van der Waals surface area contributed by atoms with Crippen molar-refractivity contribution >= 4 is 11.8 Å². The minimum absolute atomic E-state index is 0.109. The predicted octanol–water partition coefficient (Wildman–Crippen LogP) is 4.88. The molecule has 1 atom stereocenters. The van der Waals surface area contributed by atoms with E-state index in [-0.39, 0.29) is 23.4 Å². The lowest BCUT2D eigenvalue weighted by molar-refractivity contribution is 0.0875. The second-order valence-corrected chi connectivity index (χ2v) is 8.90. The van der Waals surface area contributed by atoms with Crippen LogP contribution in [-0.4, -0.2) is 60.3 Å². The lowest BCUT2D eigenvalue weighted by atomic mass is 10.2. The molecule has 1 aliphatic heterocycles. The number of aromatic nitrogens is 2. The molecule has 0 radical (unpaired) electrons. The second-order valence-electron chi connectivity index (χ2n) is 8.90. The first-order chi connectivity index (χ1) is 17.7. The zero-order valence-corrected chi connectivity index (χ0v) is 24.2. The summed E-state index contributed by atoms with van der Waals surface area (Å²) < 4.78 is 10.3. The van der Waals surface area contributed by atoms with Crippen molar-refractivity contribution in [1.82, 2.24) is 20.6 Å². The number of aryl methyl sites for hydroxylation is 4. The maximum Gasteiger partial charge on any atom is 0.270 e. The molecule has 0 spiro atoms. The largest absolute Gasteiger partial charge is 0.382 e. The molecule has 8 nitrogen and oxygen atoms in total. The second kappa shape index (κ2) is 16.1. The van der Waals surface area contributed by atoms with Gasteiger partial charge in [-0.05, 0) is 70.2 Å². The number of rotatable bonds is 6. The molecule has 2 fully saturated rings. The van der Waals surface area contributed by atoms with Gasteiger partial charge in [-0.25, -0.2) is 9.97 Å². The number of pyridine rings is 2. The molecule has 8 heteroatoms. The van der Waals surface area contributed by atoms with Gasteiger partial charge in [0, 0.05) is 25.1 Å². The summed E-state index contributed by atoms with van der Waals surface area (Å²) in [4.78, 5) is 32.4. The van der Waals surface area contributed by atoms with Gasteiger partial charge in [0.25, 0.3) is 11.8 Å². The fraction of sp³-hybridized carbons (Fsp3) is 0.586. The van der Waals surface area contributed by atoms with E-state index in [4.69, 9.17) is 9.47 Å². The summed E-state index contributed by atoms with van der Waals surface area (Å²) in [7, 11) is 1.65. The summed E-state index contributed by atoms with van der Waals surface area (Å²) in [6.45, 7) is 17.7. The minimum Gasteiger partial charge on any atom is -0.382 e. The fourth-order valence-corrected chi connectivity index (χ4v) is 3.46. The lowest BCUT2D eigenvalue weighted by Gasteiger charge is -2.16. The highest BCUT2D eigenvalue weighted by Crippen LogP contribution is 2.35. The number of ether oxygens (including phenoxy) is 2. The maximum absolute atomic E-state index is 12.0. The summed E-state index contributed by atoms with van der Waals surface area (Å²) in [6.07, 6.45) is 2.85. The van der Waals surface area contributed by atoms with Crippen molar-refractivity contribution < 1.29 is 19.1 Å². The van der Waals surface area contributed by atoms with Gasteiger partial charge in [-0.3, -0.25) is 9.59 Å². The van der Waals surface area contributed by atoms with Gasteiger partial charge >= 0.3 is 0 Å². The van der Waals surface area contributed by atoms with Crippen LogP contribution < -0.4 is 10.6 Å². The summed E-state index contributed by atoms with van der Waals surface area (Å²) in [6, 6.07) is 7.50. The lowest BCUT2D eigenvalue weighted by Crippen LogP contribution is -2.40. The molecule has 37 heavy (non-hydrogen) atoms. The van der Waals surface area contributed by atoms with Crippen LogP contribution in [0.25, 0.3) is 0 Å². The topological polar surface area (TPSA) is 102 Å². The SMILES string of the molecule is CC.CC.COCC1(NC(=O)c2ccc(C)c(C)n2)CC1.Cc1ccc(C(=O)NC2CCOC2)nc1C. The van der Waals surface area contributed by atoms with Crippen LogP contribution >= 0.6 is 0 Å². The number of amides is 2. The van der Waals surface area contributed by atoms with Gasteiger partial charge in [-0.1, -0.05) is 39.8 Å². The first kappa shape index (κ1) is 32.2. The van der Waals surface area contributed by atoms with Crippen LogP contribution in [0.15, 0.2) is 24.3 Å². The number of nitrogens with zero attached hydrogens (tertiary/aromatic N) is 2. The number of nitrogens with one attached hydrogen (secondary N) is 2. The number of hydrogen-bond acceptors (Lipinski definition) is 6. The highest BCUT2D eigenvalue weighted by atomic mass is 16.5. The van der Waals surface area contributed by atoms with Crippen molar-refractivity contribution in [2.24, 2.45) is 0 Å². The van der Waals surface area contributed by atoms with Gasteiger partial charge in [0.1, 0.15) is 11.4 Å². The zero-order valence-electron chi connectivity index (χ0n) is 24.2. The van der Waals surface area contributed by atoms with Crippen molar-refractivity contribution in [2.45, 2.75) is 86.2 Å². The van der Waals surface area contributed by atoms with Crippen LogP contribution in [0, 0.1) is 27.7 Å². The van der Waals surface area contributed by atoms with E-state index in [1.54, 1.807) is 19.2 Å². The van der Waals surface area contributed by atoms with Crippen molar-refractivity contribution in [3.05, 3.63) is 58.2 Å². The normalized spacial score (nSPS) is 16.5. The van der Waals surface area contributed by atoms with Crippen LogP contribution in [0.3, 0.4) is 0 Å². The van der Waals surface area contributed by atoms with Gasteiger partial charge in [0.15, 0.2) is 0 Å². The van der Waals surface area contributed by atoms with E-state index < -0.39 is 0 Å². The molecule has 1 saturated heterocycles. The smallest absolute Gasteiger partial charge is 0.270 e. The predicted molar refractivity (Wildman–Crippen MR) is 148 cm³/mol. The number of hydrogen-bond donors (Lipinski definition) is 2. The first-order valence-electron chi connectivity index (χ1n) is 13.3. The molecule has 2 aliphatic rings. The van der Waals surface area contributed by atoms with Gasteiger partial charge < -0.3 is 20.1 Å². The monoisotopic (exact) mass is 514 g/mol. The minimum atomic E-state index is -0.147. The number of carbonyl (C=O) groups excluding carboxylic acids is 2. The molecule has 2 aromatic heterocycles. The highest BCUT2D eigenvalue weighted by molar-refractivity contribution is 5.93. The van der Waals surface area contributed by atoms with Gasteiger partial charge in [0.05, 0.1) is 24.8 Å². The van der Waals surface area contributed by atoms with Gasteiger partial charge in [-0.15, -0.1) is 0 Å². The Morgan fingerprint density at radius 3 is 1.84 bits per heavy atom. The van der Waals surface area contributed by atoms with E-state index in [0.29, 0.717) is 24.6 Å². The third-order valence-corrected chi connectivity index (χ3v) is 6.08. The Bertz CT molecular complexity index is 999. The zero-order chi connectivity index (χ0) is 28.0. The molecule has 1 unspecified atom stereocenters. The van der Waals surface area contributed by atoms with E-state index in [1.165, 1.54) is 0 Å². The molecule has 2 amide bonds. The average Bonchev–Trinajstić information content (AvgIpc) is 3.45. The van der Waals surface area contributed by atoms with E-state index in [0.717, 1.165) is 48.4 Å². The Hall–Kier alpha value is -2.84. The Labute approximate surface area is 223 Å². The van der Waals surface area contributed by atoms with Crippen LogP contribution in [0.5, 0.6) is 0 Å². The van der Waals surface area contributed by atoms with Crippen LogP contribution in [-0.2, 0) is 9.47 Å². The Morgan fingerprint density at radius 2 is 1.43 bits per heavy atom. The van der Waals surface area contributed by atoms with E-state index in [1.807, 2.05) is 67.5 Å². The van der Waals surface area contributed by atoms with E-state index in [9.17, 15) is 9.59 Å². The molecule has 2 aromatic rings. The van der Waals surface area contributed by atoms with E-state index in [2.05, 4.69) is 20.6 Å². The summed E-state index contributed by atoms with van der Waals surface area (Å²) >= 11 is 0. The molecule has 1 aliphatic carbocycles. The summed E-state index contributed by atoms with van der Waals surface area (Å²) in [5.74, 6) is -0.221. The van der Waals surface area contributed by atoms with Gasteiger partial charge in [-0.2, -0.15) is 0 Å². The molecule has 4 rings (SSSR count). The third-order valence-electron chi connectivity index (χ3n) is 6.08. The fourth-order valence-electron chi connectivity index (χ4n) is 3.46. The summed E-state index contributed by atoms with van der Waals surface area (Å²) in [5.41, 5.74) is 4.81. The number of carbonyl (C=O) groups is 2. The molecule has 206 valence electrons. The average molecular weight is 515 g/mol. The Morgan fingerprint density at radius 1 is 0.919 bits per heavy atom. The Balaban J connectivity index is 0.000000327. The molecule has 1 saturated carbocycles. The highest BCUT2D eigenvalue weighted by Gasteiger charge is 2.44. The van der Waals surface area contributed by atoms with Crippen molar-refractivity contribution in [1.29, 1.82) is 0 Å². The maximum atomic E-state index is 12.0. The van der Waals surface area contributed by atoms with Crippen LogP contribution in [0.4, 0.5) is 0 Å². The summed E-state index contributed by atoms with van der Waals surface area (Å²) in [5, 5.41) is 5.92. The quantitative estimate of drug-likeness (QED) is 0.570. The van der Waals surface area contributed by atoms with Crippen molar-refractivity contribution in [3.8, 4) is 0 Å². The molecule has 2 N–H and O–H groups in total. The first-order valence-corrected chi connectivity index (χ1v) is 13.3. The van der Waals surface area contributed by atoms with Crippen LogP contribution in [0.2, 0.25) is 0 Å².